The average Bonchev–Trinajstić information content (AvgIpc) is 3.07. The molecule has 8 heteroatoms. The summed E-state index contributed by atoms with van der Waals surface area (Å²) in [6.07, 6.45) is 1.52. The smallest absolute Gasteiger partial charge is 0.363 e. The van der Waals surface area contributed by atoms with Gasteiger partial charge in [-0.1, -0.05) is 29.8 Å². The molecule has 0 spiro atoms. The van der Waals surface area contributed by atoms with Crippen molar-refractivity contribution < 1.29 is 28.5 Å². The highest BCUT2D eigenvalue weighted by Crippen LogP contribution is 2.37. The number of hydrogen-bond acceptors (Lipinski definition) is 7. The molecule has 0 aliphatic carbocycles. The van der Waals surface area contributed by atoms with Crippen LogP contribution < -0.4 is 9.47 Å². The number of benzene rings is 2. The zero-order valence-corrected chi connectivity index (χ0v) is 15.9. The van der Waals surface area contributed by atoms with Crippen LogP contribution in [-0.4, -0.2) is 38.7 Å². The topological polar surface area (TPSA) is 83.4 Å². The second-order valence-electron chi connectivity index (χ2n) is 5.60. The monoisotopic (exact) mass is 401 g/mol. The third-order valence-electron chi connectivity index (χ3n) is 3.76. The Bertz CT molecular complexity index is 968. The van der Waals surface area contributed by atoms with E-state index in [1.54, 1.807) is 24.3 Å². The van der Waals surface area contributed by atoms with Crippen LogP contribution in [-0.2, 0) is 19.1 Å². The quantitative estimate of drug-likeness (QED) is 0.545. The average molecular weight is 402 g/mol. The Balaban J connectivity index is 1.89. The summed E-state index contributed by atoms with van der Waals surface area (Å²) in [5.74, 6) is -0.408. The van der Waals surface area contributed by atoms with Crippen molar-refractivity contribution in [3.05, 3.63) is 64.3 Å². The number of methoxy groups -OCH3 is 2. The fourth-order valence-electron chi connectivity index (χ4n) is 2.42. The van der Waals surface area contributed by atoms with Gasteiger partial charge in [-0.2, -0.15) is 0 Å². The summed E-state index contributed by atoms with van der Waals surface area (Å²) in [6, 6.07) is 12.3. The first kappa shape index (κ1) is 19.4. The number of esters is 2. The Morgan fingerprint density at radius 2 is 1.96 bits per heavy atom. The molecular weight excluding hydrogens is 386 g/mol. The van der Waals surface area contributed by atoms with Crippen molar-refractivity contribution in [2.24, 2.45) is 4.99 Å². The van der Waals surface area contributed by atoms with Gasteiger partial charge in [0.1, 0.15) is 0 Å². The van der Waals surface area contributed by atoms with Gasteiger partial charge in [-0.25, -0.2) is 14.6 Å². The van der Waals surface area contributed by atoms with E-state index in [0.29, 0.717) is 16.9 Å². The standard InChI is InChI=1S/C20H16ClNO6/c1-25-16-10-12(8-14(21)18(16)27-11-17(23)26-2)9-15-20(24)28-19(22-15)13-6-4-3-5-7-13/h3-10H,11H2,1-2H3/b15-9-. The maximum Gasteiger partial charge on any atom is 0.363 e. The summed E-state index contributed by atoms with van der Waals surface area (Å²) in [7, 11) is 2.69. The number of cyclic esters (lactones) is 1. The van der Waals surface area contributed by atoms with E-state index in [4.69, 9.17) is 25.8 Å². The van der Waals surface area contributed by atoms with Gasteiger partial charge in [0.15, 0.2) is 23.8 Å². The Kier molecular flexibility index (Phi) is 5.96. The lowest BCUT2D eigenvalue weighted by molar-refractivity contribution is -0.143. The molecule has 0 bridgehead atoms. The lowest BCUT2D eigenvalue weighted by Crippen LogP contribution is -2.13. The third-order valence-corrected chi connectivity index (χ3v) is 4.04. The van der Waals surface area contributed by atoms with Crippen LogP contribution in [0.3, 0.4) is 0 Å². The van der Waals surface area contributed by atoms with Crippen molar-refractivity contribution in [3.63, 3.8) is 0 Å². The van der Waals surface area contributed by atoms with Crippen LogP contribution in [0.5, 0.6) is 11.5 Å². The molecule has 0 aromatic heterocycles. The number of rotatable bonds is 6. The molecule has 0 atom stereocenters. The molecule has 2 aromatic carbocycles. The molecule has 0 fully saturated rings. The normalized spacial score (nSPS) is 14.5. The van der Waals surface area contributed by atoms with E-state index in [1.165, 1.54) is 20.3 Å². The van der Waals surface area contributed by atoms with E-state index in [2.05, 4.69) is 9.73 Å². The summed E-state index contributed by atoms with van der Waals surface area (Å²) < 4.78 is 20.4. The molecular formula is C20H16ClNO6. The molecule has 0 amide bonds. The van der Waals surface area contributed by atoms with Gasteiger partial charge in [0.25, 0.3) is 0 Å². The van der Waals surface area contributed by atoms with Crippen molar-refractivity contribution in [2.75, 3.05) is 20.8 Å². The predicted octanol–water partition coefficient (Wildman–Crippen LogP) is 3.24. The largest absolute Gasteiger partial charge is 0.493 e. The number of carbonyl (C=O) groups is 2. The number of carbonyl (C=O) groups excluding carboxylic acids is 2. The molecule has 3 rings (SSSR count). The Labute approximate surface area is 166 Å². The Morgan fingerprint density at radius 3 is 2.64 bits per heavy atom. The lowest BCUT2D eigenvalue weighted by atomic mass is 10.1. The highest BCUT2D eigenvalue weighted by Gasteiger charge is 2.24. The lowest BCUT2D eigenvalue weighted by Gasteiger charge is -2.12. The van der Waals surface area contributed by atoms with Crippen LogP contribution in [0, 0.1) is 0 Å². The van der Waals surface area contributed by atoms with Crippen LogP contribution >= 0.6 is 11.6 Å². The molecule has 2 aromatic rings. The van der Waals surface area contributed by atoms with Crippen molar-refractivity contribution in [1.29, 1.82) is 0 Å². The summed E-state index contributed by atoms with van der Waals surface area (Å²) in [4.78, 5) is 27.6. The van der Waals surface area contributed by atoms with E-state index in [9.17, 15) is 9.59 Å². The van der Waals surface area contributed by atoms with Gasteiger partial charge >= 0.3 is 11.9 Å². The molecule has 1 aliphatic rings. The molecule has 7 nitrogen and oxygen atoms in total. The summed E-state index contributed by atoms with van der Waals surface area (Å²) in [5.41, 5.74) is 1.37. The molecule has 1 aliphatic heterocycles. The van der Waals surface area contributed by atoms with Crippen molar-refractivity contribution in [2.45, 2.75) is 0 Å². The van der Waals surface area contributed by atoms with E-state index in [0.717, 1.165) is 0 Å². The minimum absolute atomic E-state index is 0.125. The Hall–Kier alpha value is -3.32. The van der Waals surface area contributed by atoms with Crippen LogP contribution in [0.1, 0.15) is 11.1 Å². The van der Waals surface area contributed by atoms with Gasteiger partial charge in [-0.15, -0.1) is 0 Å². The fraction of sp³-hybridized carbons (Fsp3) is 0.150. The molecule has 28 heavy (non-hydrogen) atoms. The minimum Gasteiger partial charge on any atom is -0.493 e. The second kappa shape index (κ2) is 8.58. The molecule has 1 heterocycles. The summed E-state index contributed by atoms with van der Waals surface area (Å²) >= 11 is 6.25. The first-order chi connectivity index (χ1) is 13.5. The molecule has 0 N–H and O–H groups in total. The molecule has 0 saturated heterocycles. The highest BCUT2D eigenvalue weighted by molar-refractivity contribution is 6.32. The zero-order valence-electron chi connectivity index (χ0n) is 15.1. The van der Waals surface area contributed by atoms with E-state index in [1.807, 2.05) is 18.2 Å². The van der Waals surface area contributed by atoms with E-state index >= 15 is 0 Å². The fourth-order valence-corrected chi connectivity index (χ4v) is 2.70. The van der Waals surface area contributed by atoms with Crippen molar-refractivity contribution in [3.8, 4) is 11.5 Å². The van der Waals surface area contributed by atoms with E-state index < -0.39 is 11.9 Å². The molecule has 0 radical (unpaired) electrons. The third kappa shape index (κ3) is 4.32. The van der Waals surface area contributed by atoms with Crippen LogP contribution in [0.4, 0.5) is 0 Å². The summed E-state index contributed by atoms with van der Waals surface area (Å²) in [6.45, 7) is -0.315. The number of aliphatic imine (C=N–C) groups is 1. The predicted molar refractivity (Wildman–Crippen MR) is 103 cm³/mol. The molecule has 0 unspecified atom stereocenters. The first-order valence-corrected chi connectivity index (χ1v) is 8.54. The van der Waals surface area contributed by atoms with Gasteiger partial charge in [0, 0.05) is 5.56 Å². The number of halogens is 1. The van der Waals surface area contributed by atoms with Crippen LogP contribution in [0.25, 0.3) is 6.08 Å². The first-order valence-electron chi connectivity index (χ1n) is 8.17. The van der Waals surface area contributed by atoms with Crippen molar-refractivity contribution in [1.82, 2.24) is 0 Å². The SMILES string of the molecule is COC(=O)COc1c(Cl)cc(/C=C2\N=C(c3ccccc3)OC2=O)cc1OC. The van der Waals surface area contributed by atoms with Gasteiger partial charge in [0.05, 0.1) is 19.2 Å². The van der Waals surface area contributed by atoms with Gasteiger partial charge < -0.3 is 18.9 Å². The zero-order chi connectivity index (χ0) is 20.1. The maximum absolute atomic E-state index is 12.1. The van der Waals surface area contributed by atoms with E-state index in [-0.39, 0.29) is 29.0 Å². The van der Waals surface area contributed by atoms with Crippen molar-refractivity contribution >= 4 is 35.5 Å². The highest BCUT2D eigenvalue weighted by atomic mass is 35.5. The number of hydrogen-bond donors (Lipinski definition) is 0. The molecule has 0 saturated carbocycles. The molecule has 144 valence electrons. The summed E-state index contributed by atoms with van der Waals surface area (Å²) in [5, 5.41) is 0.203. The number of ether oxygens (including phenoxy) is 4. The van der Waals surface area contributed by atoms with Gasteiger partial charge in [-0.05, 0) is 35.9 Å². The van der Waals surface area contributed by atoms with Crippen LogP contribution in [0.15, 0.2) is 53.2 Å². The maximum atomic E-state index is 12.1. The number of nitrogens with zero attached hydrogens (tertiary/aromatic N) is 1. The van der Waals surface area contributed by atoms with Gasteiger partial charge in [0.2, 0.25) is 5.90 Å². The van der Waals surface area contributed by atoms with Crippen LogP contribution in [0.2, 0.25) is 5.02 Å². The minimum atomic E-state index is -0.569. The second-order valence-corrected chi connectivity index (χ2v) is 6.01. The van der Waals surface area contributed by atoms with Gasteiger partial charge in [-0.3, -0.25) is 0 Å². The Morgan fingerprint density at radius 1 is 1.21 bits per heavy atom.